The summed E-state index contributed by atoms with van der Waals surface area (Å²) in [5, 5.41) is 12.6. The molecule has 0 radical (unpaired) electrons. The minimum Gasteiger partial charge on any atom is -0.302 e. The van der Waals surface area contributed by atoms with E-state index in [-0.39, 0.29) is 35.1 Å². The highest BCUT2D eigenvalue weighted by molar-refractivity contribution is 7.91. The minimum atomic E-state index is -3.26. The highest BCUT2D eigenvalue weighted by Crippen LogP contribution is 2.49. The normalized spacial score (nSPS) is 17.7. The molecule has 1 N–H and O–H groups in total. The van der Waals surface area contributed by atoms with Crippen molar-refractivity contribution in [1.29, 1.82) is 5.26 Å². The summed E-state index contributed by atoms with van der Waals surface area (Å²) in [6.45, 7) is 8.89. The van der Waals surface area contributed by atoms with Gasteiger partial charge in [-0.25, -0.2) is 13.4 Å². The molecule has 2 heterocycles. The zero-order valence-electron chi connectivity index (χ0n) is 20.9. The van der Waals surface area contributed by atoms with Crippen molar-refractivity contribution in [2.24, 2.45) is 5.92 Å². The zero-order valence-corrected chi connectivity index (χ0v) is 22.5. The minimum absolute atomic E-state index is 0.0439. The highest BCUT2D eigenvalue weighted by atomic mass is 32.2. The molecule has 188 valence electrons. The Balaban J connectivity index is 1.46. The second-order valence-electron chi connectivity index (χ2n) is 9.39. The standard InChI is InChI=1S/C27H30N4O3S2/c1-5-36(33,34)22-12-10-19(11-13-22)14-23(32)29-27-30-24-25(17(2)3)31(18(4)26(24)35-27)16-21-8-6-20(15-28)7-9-21/h6-13,17-18,25H,5,14,16H2,1-4H3,(H,29,30,32). The van der Waals surface area contributed by atoms with E-state index in [0.717, 1.165) is 28.2 Å². The molecule has 36 heavy (non-hydrogen) atoms. The Morgan fingerprint density at radius 1 is 1.14 bits per heavy atom. The second-order valence-corrected chi connectivity index (χ2v) is 12.7. The number of carbonyl (C=O) groups excluding carboxylic acids is 1. The van der Waals surface area contributed by atoms with Crippen LogP contribution in [0.5, 0.6) is 0 Å². The van der Waals surface area contributed by atoms with Crippen molar-refractivity contribution in [2.75, 3.05) is 11.1 Å². The van der Waals surface area contributed by atoms with Gasteiger partial charge in [0.25, 0.3) is 0 Å². The lowest BCUT2D eigenvalue weighted by Gasteiger charge is -2.31. The molecule has 1 aliphatic rings. The summed E-state index contributed by atoms with van der Waals surface area (Å²) in [5.41, 5.74) is 3.55. The molecule has 0 aliphatic carbocycles. The van der Waals surface area contributed by atoms with E-state index >= 15 is 0 Å². The SMILES string of the molecule is CCS(=O)(=O)c1ccc(CC(=O)Nc2nc3c(s2)C(C)N(Cc2ccc(C#N)cc2)C3C(C)C)cc1. The van der Waals surface area contributed by atoms with Gasteiger partial charge in [0, 0.05) is 17.5 Å². The molecule has 2 unspecified atom stereocenters. The van der Waals surface area contributed by atoms with E-state index < -0.39 is 9.84 Å². The smallest absolute Gasteiger partial charge is 0.230 e. The highest BCUT2D eigenvalue weighted by Gasteiger charge is 2.41. The van der Waals surface area contributed by atoms with Gasteiger partial charge in [-0.15, -0.1) is 0 Å². The molecule has 1 aromatic heterocycles. The zero-order chi connectivity index (χ0) is 26.0. The number of nitrogens with one attached hydrogen (secondary N) is 1. The van der Waals surface area contributed by atoms with Crippen LogP contribution in [0, 0.1) is 17.2 Å². The van der Waals surface area contributed by atoms with Gasteiger partial charge in [-0.2, -0.15) is 5.26 Å². The van der Waals surface area contributed by atoms with Crippen molar-refractivity contribution in [1.82, 2.24) is 9.88 Å². The first-order valence-electron chi connectivity index (χ1n) is 12.0. The van der Waals surface area contributed by atoms with Gasteiger partial charge in [0.1, 0.15) is 0 Å². The number of aromatic nitrogens is 1. The predicted molar refractivity (Wildman–Crippen MR) is 141 cm³/mol. The van der Waals surface area contributed by atoms with E-state index in [1.165, 1.54) is 11.3 Å². The fourth-order valence-corrected chi connectivity index (χ4v) is 6.59. The van der Waals surface area contributed by atoms with Crippen molar-refractivity contribution in [3.63, 3.8) is 0 Å². The third-order valence-corrected chi connectivity index (χ3v) is 9.46. The monoisotopic (exact) mass is 522 g/mol. The molecule has 7 nitrogen and oxygen atoms in total. The average Bonchev–Trinajstić information content (AvgIpc) is 3.36. The Bertz CT molecular complexity index is 1390. The van der Waals surface area contributed by atoms with Crippen LogP contribution in [-0.2, 0) is 27.6 Å². The Morgan fingerprint density at radius 3 is 2.36 bits per heavy atom. The third kappa shape index (κ3) is 5.36. The van der Waals surface area contributed by atoms with E-state index in [0.29, 0.717) is 16.6 Å². The maximum atomic E-state index is 12.7. The number of thiazole rings is 1. The Kier molecular flexibility index (Phi) is 7.59. The number of carbonyl (C=O) groups is 1. The molecule has 0 bridgehead atoms. The molecule has 0 saturated carbocycles. The summed E-state index contributed by atoms with van der Waals surface area (Å²) in [4.78, 5) is 21.4. The van der Waals surface area contributed by atoms with Crippen LogP contribution in [0.15, 0.2) is 53.4 Å². The number of anilines is 1. The first kappa shape index (κ1) is 26.0. The molecule has 2 atom stereocenters. The van der Waals surface area contributed by atoms with E-state index in [1.807, 2.05) is 24.3 Å². The Morgan fingerprint density at radius 2 is 1.78 bits per heavy atom. The van der Waals surface area contributed by atoms with Crippen LogP contribution in [-0.4, -0.2) is 30.0 Å². The van der Waals surface area contributed by atoms with Gasteiger partial charge < -0.3 is 5.32 Å². The van der Waals surface area contributed by atoms with Crippen molar-refractivity contribution < 1.29 is 13.2 Å². The number of nitrogens with zero attached hydrogens (tertiary/aromatic N) is 3. The largest absolute Gasteiger partial charge is 0.302 e. The van der Waals surface area contributed by atoms with E-state index in [1.54, 1.807) is 31.2 Å². The summed E-state index contributed by atoms with van der Waals surface area (Å²) < 4.78 is 24.0. The first-order chi connectivity index (χ1) is 17.1. The molecular formula is C27H30N4O3S2. The number of benzene rings is 2. The molecule has 1 aliphatic heterocycles. The number of rotatable bonds is 8. The van der Waals surface area contributed by atoms with Crippen LogP contribution >= 0.6 is 11.3 Å². The van der Waals surface area contributed by atoms with E-state index in [2.05, 4.69) is 37.1 Å². The number of hydrogen-bond acceptors (Lipinski definition) is 7. The maximum Gasteiger partial charge on any atom is 0.230 e. The van der Waals surface area contributed by atoms with Gasteiger partial charge in [0.05, 0.1) is 40.4 Å². The number of sulfone groups is 1. The van der Waals surface area contributed by atoms with Crippen LogP contribution in [0.4, 0.5) is 5.13 Å². The first-order valence-corrected chi connectivity index (χ1v) is 14.5. The molecule has 1 amide bonds. The molecule has 0 spiro atoms. The van der Waals surface area contributed by atoms with Crippen LogP contribution in [0.3, 0.4) is 0 Å². The van der Waals surface area contributed by atoms with Crippen LogP contribution in [0.2, 0.25) is 0 Å². The number of hydrogen-bond donors (Lipinski definition) is 1. The van der Waals surface area contributed by atoms with Crippen molar-refractivity contribution in [3.05, 3.63) is 75.8 Å². The molecule has 0 saturated heterocycles. The van der Waals surface area contributed by atoms with Crippen molar-refractivity contribution >= 4 is 32.2 Å². The lowest BCUT2D eigenvalue weighted by Crippen LogP contribution is -2.28. The molecule has 9 heteroatoms. The van der Waals surface area contributed by atoms with Crippen molar-refractivity contribution in [3.8, 4) is 6.07 Å². The lowest BCUT2D eigenvalue weighted by atomic mass is 10.0. The molecular weight excluding hydrogens is 492 g/mol. The van der Waals surface area contributed by atoms with Crippen LogP contribution in [0.1, 0.15) is 67.0 Å². The number of fused-ring (bicyclic) bond motifs is 1. The molecule has 3 aromatic rings. The maximum absolute atomic E-state index is 12.7. The Labute approximate surface area is 216 Å². The van der Waals surface area contributed by atoms with Crippen molar-refractivity contribution in [2.45, 2.75) is 57.6 Å². The third-order valence-electron chi connectivity index (χ3n) is 6.55. The number of nitriles is 1. The summed E-state index contributed by atoms with van der Waals surface area (Å²) in [6, 6.07) is 16.6. The van der Waals surface area contributed by atoms with Gasteiger partial charge in [-0.3, -0.25) is 9.69 Å². The molecule has 2 aromatic carbocycles. The van der Waals surface area contributed by atoms with Gasteiger partial charge in [0.15, 0.2) is 15.0 Å². The molecule has 4 rings (SSSR count). The van der Waals surface area contributed by atoms with E-state index in [4.69, 9.17) is 10.2 Å². The summed E-state index contributed by atoms with van der Waals surface area (Å²) in [5.74, 6) is 0.190. The fourth-order valence-electron chi connectivity index (χ4n) is 4.62. The Hall–Kier alpha value is -3.06. The van der Waals surface area contributed by atoms with Gasteiger partial charge >= 0.3 is 0 Å². The summed E-state index contributed by atoms with van der Waals surface area (Å²) in [6.07, 6.45) is 0.144. The molecule has 0 fully saturated rings. The average molecular weight is 523 g/mol. The number of amides is 1. The van der Waals surface area contributed by atoms with Crippen LogP contribution < -0.4 is 5.32 Å². The summed E-state index contributed by atoms with van der Waals surface area (Å²) in [7, 11) is -3.26. The lowest BCUT2D eigenvalue weighted by molar-refractivity contribution is -0.115. The quantitative estimate of drug-likeness (QED) is 0.433. The summed E-state index contributed by atoms with van der Waals surface area (Å²) >= 11 is 1.51. The van der Waals surface area contributed by atoms with Gasteiger partial charge in [-0.1, -0.05) is 56.4 Å². The fraction of sp³-hybridized carbons (Fsp3) is 0.370. The van der Waals surface area contributed by atoms with Crippen LogP contribution in [0.25, 0.3) is 0 Å². The van der Waals surface area contributed by atoms with Gasteiger partial charge in [-0.05, 0) is 48.2 Å². The topological polar surface area (TPSA) is 103 Å². The predicted octanol–water partition coefficient (Wildman–Crippen LogP) is 5.26. The van der Waals surface area contributed by atoms with E-state index in [9.17, 15) is 13.2 Å². The van der Waals surface area contributed by atoms with Gasteiger partial charge in [0.2, 0.25) is 5.91 Å². The second kappa shape index (κ2) is 10.5.